The van der Waals surface area contributed by atoms with Crippen molar-refractivity contribution in [3.8, 4) is 5.75 Å². The fraction of sp³-hybridized carbons (Fsp3) is 0.571. The minimum atomic E-state index is -0.668. The number of allylic oxidation sites excluding steroid dienone is 2. The molecule has 0 atom stereocenters. The number of carboxylic acids is 1. The van der Waals surface area contributed by atoms with Crippen LogP contribution in [0.5, 0.6) is 5.75 Å². The highest BCUT2D eigenvalue weighted by Gasteiger charge is 1.95. The van der Waals surface area contributed by atoms with Crippen LogP contribution in [0.4, 0.5) is 0 Å². The molecule has 0 fully saturated rings. The number of rotatable bonds is 12. The molecule has 0 aromatic heterocycles. The number of hydrogen-bond acceptors (Lipinski definition) is 2. The summed E-state index contributed by atoms with van der Waals surface area (Å²) in [4.78, 5) is 10.3. The summed E-state index contributed by atoms with van der Waals surface area (Å²) in [6.07, 6.45) is 15.4. The maximum absolute atomic E-state index is 10.3. The lowest BCUT2D eigenvalue weighted by Gasteiger charge is -1.98. The Hall–Kier alpha value is -1.77. The number of para-hydroxylation sites is 1. The first-order chi connectivity index (χ1) is 11.7. The van der Waals surface area contributed by atoms with Gasteiger partial charge in [0.1, 0.15) is 5.75 Å². The summed E-state index contributed by atoms with van der Waals surface area (Å²) < 4.78 is 4.91. The van der Waals surface area contributed by atoms with E-state index in [9.17, 15) is 4.79 Å². The third-order valence-electron chi connectivity index (χ3n) is 3.63. The Morgan fingerprint density at radius 2 is 1.54 bits per heavy atom. The molecular formula is C21H34O3. The fourth-order valence-corrected chi connectivity index (χ4v) is 2.18. The maximum Gasteiger partial charge on any atom is 0.303 e. The van der Waals surface area contributed by atoms with Gasteiger partial charge in [0.15, 0.2) is 0 Å². The van der Waals surface area contributed by atoms with Crippen LogP contribution < -0.4 is 4.74 Å². The van der Waals surface area contributed by atoms with Crippen molar-refractivity contribution in [2.45, 2.75) is 71.1 Å². The third kappa shape index (κ3) is 16.6. The zero-order valence-corrected chi connectivity index (χ0v) is 15.4. The second-order valence-corrected chi connectivity index (χ2v) is 5.83. The highest BCUT2D eigenvalue weighted by molar-refractivity contribution is 5.66. The van der Waals surface area contributed by atoms with Crippen molar-refractivity contribution < 1.29 is 14.6 Å². The Morgan fingerprint density at radius 1 is 0.958 bits per heavy atom. The SMILES string of the molecule is CCCC/C=C\CCCCCCCC(=O)O.COc1ccccc1. The van der Waals surface area contributed by atoms with Crippen molar-refractivity contribution in [1.82, 2.24) is 0 Å². The van der Waals surface area contributed by atoms with E-state index in [0.29, 0.717) is 6.42 Å². The molecule has 0 radical (unpaired) electrons. The summed E-state index contributed by atoms with van der Waals surface area (Å²) >= 11 is 0. The molecule has 0 unspecified atom stereocenters. The Kier molecular flexibility index (Phi) is 16.3. The van der Waals surface area contributed by atoms with Gasteiger partial charge in [-0.2, -0.15) is 0 Å². The Balaban J connectivity index is 0.000000546. The average molecular weight is 334 g/mol. The quantitative estimate of drug-likeness (QED) is 0.363. The first kappa shape index (κ1) is 22.2. The van der Waals surface area contributed by atoms with Gasteiger partial charge in [0.05, 0.1) is 7.11 Å². The number of unbranched alkanes of at least 4 members (excludes halogenated alkanes) is 7. The topological polar surface area (TPSA) is 46.5 Å². The van der Waals surface area contributed by atoms with Gasteiger partial charge in [-0.15, -0.1) is 0 Å². The highest BCUT2D eigenvalue weighted by atomic mass is 16.5. The molecule has 24 heavy (non-hydrogen) atoms. The van der Waals surface area contributed by atoms with Gasteiger partial charge in [-0.1, -0.05) is 69.4 Å². The minimum absolute atomic E-state index is 0.330. The van der Waals surface area contributed by atoms with Crippen molar-refractivity contribution >= 4 is 5.97 Å². The molecule has 136 valence electrons. The van der Waals surface area contributed by atoms with Crippen LogP contribution in [0.15, 0.2) is 42.5 Å². The molecule has 0 amide bonds. The summed E-state index contributed by atoms with van der Waals surface area (Å²) in [5, 5.41) is 8.45. The van der Waals surface area contributed by atoms with Crippen LogP contribution in [-0.2, 0) is 4.79 Å². The standard InChI is InChI=1S/C14H26O2.C7H8O/c1-2-3-4-5-6-7-8-9-10-11-12-13-14(15)16;1-8-7-5-3-2-4-6-7/h5-6H,2-4,7-13H2,1H3,(H,15,16);2-6H,1H3/b6-5-;. The zero-order chi connectivity index (χ0) is 17.9. The number of aliphatic carboxylic acids is 1. The Labute approximate surface area is 147 Å². The number of benzene rings is 1. The van der Waals surface area contributed by atoms with Gasteiger partial charge in [-0.25, -0.2) is 0 Å². The summed E-state index contributed by atoms with van der Waals surface area (Å²) in [5.41, 5.74) is 0. The van der Waals surface area contributed by atoms with Crippen LogP contribution >= 0.6 is 0 Å². The summed E-state index contributed by atoms with van der Waals surface area (Å²) in [6, 6.07) is 9.68. The fourth-order valence-electron chi connectivity index (χ4n) is 2.18. The van der Waals surface area contributed by atoms with E-state index in [-0.39, 0.29) is 0 Å². The molecule has 1 aromatic carbocycles. The van der Waals surface area contributed by atoms with E-state index in [4.69, 9.17) is 9.84 Å². The Morgan fingerprint density at radius 3 is 2.08 bits per heavy atom. The first-order valence-electron chi connectivity index (χ1n) is 9.16. The summed E-state index contributed by atoms with van der Waals surface area (Å²) in [6.45, 7) is 2.21. The third-order valence-corrected chi connectivity index (χ3v) is 3.63. The smallest absolute Gasteiger partial charge is 0.303 e. The van der Waals surface area contributed by atoms with Crippen LogP contribution in [-0.4, -0.2) is 18.2 Å². The molecule has 0 spiro atoms. The summed E-state index contributed by atoms with van der Waals surface area (Å²) in [5.74, 6) is 0.242. The normalized spacial score (nSPS) is 10.2. The molecule has 0 saturated heterocycles. The van der Waals surface area contributed by atoms with Crippen molar-refractivity contribution in [3.63, 3.8) is 0 Å². The highest BCUT2D eigenvalue weighted by Crippen LogP contribution is 2.08. The second kappa shape index (κ2) is 17.6. The molecule has 0 heterocycles. The lowest BCUT2D eigenvalue weighted by atomic mass is 10.1. The zero-order valence-electron chi connectivity index (χ0n) is 15.4. The van der Waals surface area contributed by atoms with Gasteiger partial charge in [0.25, 0.3) is 0 Å². The van der Waals surface area contributed by atoms with E-state index in [1.54, 1.807) is 7.11 Å². The Bertz CT molecular complexity index is 412. The van der Waals surface area contributed by atoms with Crippen LogP contribution in [0.2, 0.25) is 0 Å². The number of ether oxygens (including phenoxy) is 1. The number of carbonyl (C=O) groups is 1. The molecule has 0 bridgehead atoms. The van der Waals surface area contributed by atoms with E-state index >= 15 is 0 Å². The van der Waals surface area contributed by atoms with Gasteiger partial charge in [-0.05, 0) is 37.8 Å². The second-order valence-electron chi connectivity index (χ2n) is 5.83. The molecule has 0 aliphatic carbocycles. The minimum Gasteiger partial charge on any atom is -0.497 e. The van der Waals surface area contributed by atoms with Crippen LogP contribution in [0.3, 0.4) is 0 Å². The molecule has 0 saturated carbocycles. The summed E-state index contributed by atoms with van der Waals surface area (Å²) in [7, 11) is 1.66. The molecule has 3 nitrogen and oxygen atoms in total. The van der Waals surface area contributed by atoms with Gasteiger partial charge >= 0.3 is 5.97 Å². The lowest BCUT2D eigenvalue weighted by molar-refractivity contribution is -0.137. The molecule has 3 heteroatoms. The van der Waals surface area contributed by atoms with Gasteiger partial charge in [0.2, 0.25) is 0 Å². The van der Waals surface area contributed by atoms with Crippen molar-refractivity contribution in [3.05, 3.63) is 42.5 Å². The number of methoxy groups -OCH3 is 1. The van der Waals surface area contributed by atoms with Crippen LogP contribution in [0, 0.1) is 0 Å². The molecule has 0 aliphatic heterocycles. The number of carboxylic acid groups (broad SMARTS) is 1. The van der Waals surface area contributed by atoms with Crippen molar-refractivity contribution in [1.29, 1.82) is 0 Å². The lowest BCUT2D eigenvalue weighted by Crippen LogP contribution is -1.93. The predicted octanol–water partition coefficient (Wildman–Crippen LogP) is 6.24. The largest absolute Gasteiger partial charge is 0.497 e. The molecule has 1 rings (SSSR count). The van der Waals surface area contributed by atoms with E-state index in [0.717, 1.165) is 18.6 Å². The molecule has 0 aliphatic rings. The molecule has 1 N–H and O–H groups in total. The van der Waals surface area contributed by atoms with E-state index in [1.165, 1.54) is 44.9 Å². The van der Waals surface area contributed by atoms with Gasteiger partial charge in [-0.3, -0.25) is 4.79 Å². The van der Waals surface area contributed by atoms with Gasteiger partial charge in [0, 0.05) is 6.42 Å². The predicted molar refractivity (Wildman–Crippen MR) is 102 cm³/mol. The first-order valence-corrected chi connectivity index (χ1v) is 9.16. The monoisotopic (exact) mass is 334 g/mol. The number of hydrogen-bond donors (Lipinski definition) is 1. The van der Waals surface area contributed by atoms with Crippen LogP contribution in [0.25, 0.3) is 0 Å². The van der Waals surface area contributed by atoms with E-state index in [2.05, 4.69) is 19.1 Å². The van der Waals surface area contributed by atoms with E-state index in [1.807, 2.05) is 30.3 Å². The van der Waals surface area contributed by atoms with E-state index < -0.39 is 5.97 Å². The van der Waals surface area contributed by atoms with Crippen LogP contribution in [0.1, 0.15) is 71.1 Å². The van der Waals surface area contributed by atoms with Gasteiger partial charge < -0.3 is 9.84 Å². The average Bonchev–Trinajstić information content (AvgIpc) is 2.60. The molecular weight excluding hydrogens is 300 g/mol. The van der Waals surface area contributed by atoms with Crippen molar-refractivity contribution in [2.24, 2.45) is 0 Å². The molecule has 1 aromatic rings. The van der Waals surface area contributed by atoms with Crippen molar-refractivity contribution in [2.75, 3.05) is 7.11 Å². The maximum atomic E-state index is 10.3.